The maximum Gasteiger partial charge on any atom is 0.293 e. The molecular weight excluding hydrogens is 324 g/mol. The second-order valence-electron chi connectivity index (χ2n) is 5.35. The van der Waals surface area contributed by atoms with E-state index in [-0.39, 0.29) is 11.3 Å². The highest BCUT2D eigenvalue weighted by molar-refractivity contribution is 6.46. The number of carbonyl (C=O) groups excluding carboxylic acids is 2. The zero-order chi connectivity index (χ0) is 18.0. The Morgan fingerprint density at radius 1 is 1.16 bits per heavy atom. The minimum atomic E-state index is -0.777. The van der Waals surface area contributed by atoms with Gasteiger partial charge >= 0.3 is 0 Å². The van der Waals surface area contributed by atoms with Gasteiger partial charge in [0, 0.05) is 18.0 Å². The molecule has 0 aliphatic carbocycles. The summed E-state index contributed by atoms with van der Waals surface area (Å²) in [6.07, 6.45) is 3.12. The molecular formula is C18H16N2O5. The summed E-state index contributed by atoms with van der Waals surface area (Å²) in [5.41, 5.74) is 0.917. The fourth-order valence-corrected chi connectivity index (χ4v) is 2.70. The van der Waals surface area contributed by atoms with E-state index in [2.05, 4.69) is 10.3 Å². The summed E-state index contributed by atoms with van der Waals surface area (Å²) in [4.78, 5) is 28.1. The average molecular weight is 340 g/mol. The third kappa shape index (κ3) is 2.91. The number of nitrogens with one attached hydrogen (secondary N) is 1. The lowest BCUT2D eigenvalue weighted by Gasteiger charge is -2.14. The average Bonchev–Trinajstić information content (AvgIpc) is 2.96. The highest BCUT2D eigenvalue weighted by Crippen LogP contribution is 2.35. The molecule has 25 heavy (non-hydrogen) atoms. The van der Waals surface area contributed by atoms with Crippen LogP contribution in [0.1, 0.15) is 17.2 Å². The predicted molar refractivity (Wildman–Crippen MR) is 89.2 cm³/mol. The van der Waals surface area contributed by atoms with Crippen LogP contribution in [0.5, 0.6) is 11.5 Å². The number of benzene rings is 1. The number of carbonyl (C=O) groups is 2. The molecule has 1 fully saturated rings. The first-order chi connectivity index (χ1) is 12.1. The van der Waals surface area contributed by atoms with Crippen LogP contribution >= 0.6 is 0 Å². The molecule has 2 heterocycles. The van der Waals surface area contributed by atoms with Gasteiger partial charge in [0.2, 0.25) is 0 Å². The number of hydrogen-bond acceptors (Lipinski definition) is 6. The highest BCUT2D eigenvalue weighted by atomic mass is 16.5. The number of rotatable bonds is 4. The van der Waals surface area contributed by atoms with Crippen molar-refractivity contribution in [2.75, 3.05) is 14.2 Å². The Hall–Kier alpha value is -3.35. The molecule has 1 aromatic carbocycles. The highest BCUT2D eigenvalue weighted by Gasteiger charge is 2.39. The van der Waals surface area contributed by atoms with Crippen molar-refractivity contribution >= 4 is 17.4 Å². The van der Waals surface area contributed by atoms with E-state index >= 15 is 0 Å². The molecule has 0 radical (unpaired) electrons. The van der Waals surface area contributed by atoms with Crippen molar-refractivity contribution in [3.63, 3.8) is 0 Å². The number of aliphatic hydroxyl groups is 1. The lowest BCUT2D eigenvalue weighted by molar-refractivity contribution is -0.133. The molecule has 0 saturated carbocycles. The van der Waals surface area contributed by atoms with E-state index < -0.39 is 17.7 Å². The van der Waals surface area contributed by atoms with E-state index in [1.807, 2.05) is 0 Å². The van der Waals surface area contributed by atoms with Crippen molar-refractivity contribution < 1.29 is 24.2 Å². The summed E-state index contributed by atoms with van der Waals surface area (Å²) >= 11 is 0. The van der Waals surface area contributed by atoms with Crippen molar-refractivity contribution in [1.82, 2.24) is 10.3 Å². The number of hydrogen-bond donors (Lipinski definition) is 2. The summed E-state index contributed by atoms with van der Waals surface area (Å²) in [6, 6.07) is 7.38. The first-order valence-electron chi connectivity index (χ1n) is 7.47. The van der Waals surface area contributed by atoms with E-state index in [0.717, 1.165) is 0 Å². The van der Waals surface area contributed by atoms with Crippen LogP contribution in [0.2, 0.25) is 0 Å². The van der Waals surface area contributed by atoms with E-state index in [0.29, 0.717) is 22.6 Å². The predicted octanol–water partition coefficient (Wildman–Crippen LogP) is 1.81. The van der Waals surface area contributed by atoms with Gasteiger partial charge < -0.3 is 19.9 Å². The molecule has 0 bridgehead atoms. The Kier molecular flexibility index (Phi) is 4.38. The molecule has 1 atom stereocenters. The van der Waals surface area contributed by atoms with E-state index in [9.17, 15) is 14.7 Å². The molecule has 2 aromatic rings. The molecule has 0 spiro atoms. The molecule has 7 nitrogen and oxygen atoms in total. The Bertz CT molecular complexity index is 861. The Morgan fingerprint density at radius 2 is 1.92 bits per heavy atom. The maximum atomic E-state index is 12.3. The maximum absolute atomic E-state index is 12.3. The minimum Gasteiger partial charge on any atom is -0.507 e. The minimum absolute atomic E-state index is 0.0229. The van der Waals surface area contributed by atoms with Crippen LogP contribution in [-0.2, 0) is 9.59 Å². The van der Waals surface area contributed by atoms with Gasteiger partial charge in [-0.15, -0.1) is 0 Å². The molecule has 7 heteroatoms. The van der Waals surface area contributed by atoms with Crippen LogP contribution in [0.25, 0.3) is 5.76 Å². The van der Waals surface area contributed by atoms with Gasteiger partial charge in [0.05, 0.1) is 25.8 Å². The number of methoxy groups -OCH3 is 2. The first kappa shape index (κ1) is 16.5. The summed E-state index contributed by atoms with van der Waals surface area (Å²) in [7, 11) is 2.97. The third-order valence-electron chi connectivity index (χ3n) is 3.94. The topological polar surface area (TPSA) is 97.8 Å². The quantitative estimate of drug-likeness (QED) is 0.500. The van der Waals surface area contributed by atoms with Crippen molar-refractivity contribution in [3.8, 4) is 11.5 Å². The Labute approximate surface area is 143 Å². The number of amides is 1. The van der Waals surface area contributed by atoms with Crippen LogP contribution in [0.15, 0.2) is 48.3 Å². The van der Waals surface area contributed by atoms with E-state index in [1.54, 1.807) is 30.5 Å². The summed E-state index contributed by atoms with van der Waals surface area (Å²) in [5, 5.41) is 13.2. The molecule has 3 rings (SSSR count). The smallest absolute Gasteiger partial charge is 0.293 e. The molecule has 2 N–H and O–H groups in total. The van der Waals surface area contributed by atoms with Crippen LogP contribution in [-0.4, -0.2) is 36.0 Å². The summed E-state index contributed by atoms with van der Waals surface area (Å²) < 4.78 is 10.4. The molecule has 1 unspecified atom stereocenters. The number of aliphatic hydroxyl groups excluding tert-OH is 1. The van der Waals surface area contributed by atoms with Crippen LogP contribution < -0.4 is 14.8 Å². The van der Waals surface area contributed by atoms with Crippen LogP contribution in [0.3, 0.4) is 0 Å². The summed E-state index contributed by atoms with van der Waals surface area (Å²) in [6.45, 7) is 0. The van der Waals surface area contributed by atoms with E-state index in [1.165, 1.54) is 26.5 Å². The van der Waals surface area contributed by atoms with Gasteiger partial charge in [-0.25, -0.2) is 0 Å². The fourth-order valence-electron chi connectivity index (χ4n) is 2.70. The van der Waals surface area contributed by atoms with Gasteiger partial charge in [-0.2, -0.15) is 0 Å². The third-order valence-corrected chi connectivity index (χ3v) is 3.94. The van der Waals surface area contributed by atoms with Crippen LogP contribution in [0, 0.1) is 0 Å². The molecule has 1 amide bonds. The number of pyridine rings is 1. The Balaban J connectivity index is 2.12. The van der Waals surface area contributed by atoms with Crippen molar-refractivity contribution in [3.05, 3.63) is 59.4 Å². The standard InChI is InChI=1S/C18H16N2O5/c1-24-12-6-5-10(8-13(12)25-2)16(21)14-15(20-18(23)17(14)22)11-4-3-7-19-9-11/h3-9,15,21H,1-2H3,(H,20,23). The number of Topliss-reactive ketones (excluding diaryl/α,β-unsaturated/α-hetero) is 1. The Morgan fingerprint density at radius 3 is 2.56 bits per heavy atom. The zero-order valence-corrected chi connectivity index (χ0v) is 13.6. The van der Waals surface area contributed by atoms with E-state index in [4.69, 9.17) is 9.47 Å². The van der Waals surface area contributed by atoms with Gasteiger partial charge in [-0.05, 0) is 29.8 Å². The van der Waals surface area contributed by atoms with Gasteiger partial charge in [0.15, 0.2) is 11.5 Å². The lowest BCUT2D eigenvalue weighted by Crippen LogP contribution is -2.21. The molecule has 1 saturated heterocycles. The van der Waals surface area contributed by atoms with Gasteiger partial charge in [-0.1, -0.05) is 6.07 Å². The molecule has 1 aliphatic heterocycles. The summed E-state index contributed by atoms with van der Waals surface area (Å²) in [5.74, 6) is -0.954. The largest absolute Gasteiger partial charge is 0.507 e. The van der Waals surface area contributed by atoms with Gasteiger partial charge in [-0.3, -0.25) is 14.6 Å². The number of nitrogens with zero attached hydrogens (tertiary/aromatic N) is 1. The van der Waals surface area contributed by atoms with Gasteiger partial charge in [0.25, 0.3) is 11.7 Å². The zero-order valence-electron chi connectivity index (χ0n) is 13.6. The van der Waals surface area contributed by atoms with Crippen LogP contribution in [0.4, 0.5) is 0 Å². The second kappa shape index (κ2) is 6.64. The monoisotopic (exact) mass is 340 g/mol. The fraction of sp³-hybridized carbons (Fsp3) is 0.167. The first-order valence-corrected chi connectivity index (χ1v) is 7.47. The lowest BCUT2D eigenvalue weighted by atomic mass is 9.97. The number of aromatic nitrogens is 1. The van der Waals surface area contributed by atoms with Gasteiger partial charge in [0.1, 0.15) is 5.76 Å². The molecule has 1 aliphatic rings. The SMILES string of the molecule is COc1ccc(C(O)=C2C(=O)C(=O)NC2c2cccnc2)cc1OC. The molecule has 1 aromatic heterocycles. The second-order valence-corrected chi connectivity index (χ2v) is 5.35. The van der Waals surface area contributed by atoms with Crippen molar-refractivity contribution in [2.45, 2.75) is 6.04 Å². The van der Waals surface area contributed by atoms with Crippen molar-refractivity contribution in [2.24, 2.45) is 0 Å². The number of ketones is 1. The number of ether oxygens (including phenoxy) is 2. The molecule has 128 valence electrons. The normalized spacial score (nSPS) is 18.7. The van der Waals surface area contributed by atoms with Crippen molar-refractivity contribution in [1.29, 1.82) is 0 Å².